The third-order valence-electron chi connectivity index (χ3n) is 6.37. The summed E-state index contributed by atoms with van der Waals surface area (Å²) in [6.07, 6.45) is 1.83. The Balaban J connectivity index is 1.15. The van der Waals surface area contributed by atoms with Crippen LogP contribution in [0, 0.1) is 11.6 Å². The lowest BCUT2D eigenvalue weighted by Crippen LogP contribution is -2.43. The molecule has 5 rings (SSSR count). The van der Waals surface area contributed by atoms with Crippen molar-refractivity contribution in [1.82, 2.24) is 19.8 Å². The highest BCUT2D eigenvalue weighted by Crippen LogP contribution is 2.25. The molecule has 0 aliphatic carbocycles. The summed E-state index contributed by atoms with van der Waals surface area (Å²) in [5.74, 6) is -1.13. The summed E-state index contributed by atoms with van der Waals surface area (Å²) in [4.78, 5) is 30.5. The standard InChI is InChI=1S/C24H25F2N5O3/c25-18-4-1-15-2-6-21(33)31(23(15)22(18)26)12-11-30-9-7-16(8-10-30)27-13-17-3-5-19-24(28-17)29-20(32)14-34-19/h1-6,16,27H,7-14H2,(H,28,29,32). The van der Waals surface area contributed by atoms with Gasteiger partial charge in [-0.3, -0.25) is 9.59 Å². The van der Waals surface area contributed by atoms with Gasteiger partial charge in [0.05, 0.1) is 11.2 Å². The molecule has 0 spiro atoms. The Morgan fingerprint density at radius 3 is 2.68 bits per heavy atom. The number of hydrogen-bond acceptors (Lipinski definition) is 6. The van der Waals surface area contributed by atoms with Crippen LogP contribution in [-0.2, 0) is 17.9 Å². The Bertz CT molecular complexity index is 1290. The highest BCUT2D eigenvalue weighted by atomic mass is 19.2. The van der Waals surface area contributed by atoms with Crippen molar-refractivity contribution in [3.05, 3.63) is 64.1 Å². The number of fused-ring (bicyclic) bond motifs is 2. The van der Waals surface area contributed by atoms with E-state index >= 15 is 0 Å². The summed E-state index contributed by atoms with van der Waals surface area (Å²) in [6, 6.07) is 9.47. The van der Waals surface area contributed by atoms with Crippen molar-refractivity contribution in [3.8, 4) is 5.75 Å². The second kappa shape index (κ2) is 9.47. The molecule has 0 radical (unpaired) electrons. The van der Waals surface area contributed by atoms with Gasteiger partial charge in [-0.05, 0) is 56.3 Å². The Kier molecular flexibility index (Phi) is 6.25. The van der Waals surface area contributed by atoms with Crippen LogP contribution in [0.15, 0.2) is 41.2 Å². The Hall–Kier alpha value is -3.37. The molecule has 8 nitrogen and oxygen atoms in total. The molecule has 0 atom stereocenters. The quantitative estimate of drug-likeness (QED) is 0.576. The predicted molar refractivity (Wildman–Crippen MR) is 123 cm³/mol. The van der Waals surface area contributed by atoms with Gasteiger partial charge in [-0.1, -0.05) is 0 Å². The zero-order valence-corrected chi connectivity index (χ0v) is 18.5. The molecule has 1 aromatic carbocycles. The Morgan fingerprint density at radius 1 is 1.06 bits per heavy atom. The van der Waals surface area contributed by atoms with Gasteiger partial charge < -0.3 is 24.8 Å². The zero-order chi connectivity index (χ0) is 23.7. The maximum Gasteiger partial charge on any atom is 0.263 e. The third-order valence-corrected chi connectivity index (χ3v) is 6.37. The van der Waals surface area contributed by atoms with E-state index in [9.17, 15) is 18.4 Å². The molecule has 34 heavy (non-hydrogen) atoms. The predicted octanol–water partition coefficient (Wildman–Crippen LogP) is 2.26. The number of benzene rings is 1. The summed E-state index contributed by atoms with van der Waals surface area (Å²) in [5.41, 5.74) is 0.493. The summed E-state index contributed by atoms with van der Waals surface area (Å²) in [5, 5.41) is 6.73. The van der Waals surface area contributed by atoms with Crippen molar-refractivity contribution >= 4 is 22.6 Å². The van der Waals surface area contributed by atoms with Gasteiger partial charge >= 0.3 is 0 Å². The van der Waals surface area contributed by atoms with Crippen molar-refractivity contribution in [1.29, 1.82) is 0 Å². The second-order valence-corrected chi connectivity index (χ2v) is 8.61. The number of pyridine rings is 2. The van der Waals surface area contributed by atoms with Crippen LogP contribution in [0.2, 0.25) is 0 Å². The molecule has 2 aromatic heterocycles. The van der Waals surface area contributed by atoms with E-state index in [1.165, 1.54) is 22.8 Å². The first kappa shape index (κ1) is 22.4. The normalized spacial score (nSPS) is 16.8. The van der Waals surface area contributed by atoms with Crippen LogP contribution >= 0.6 is 0 Å². The number of ether oxygens (including phenoxy) is 1. The maximum absolute atomic E-state index is 14.4. The van der Waals surface area contributed by atoms with Crippen molar-refractivity contribution in [2.24, 2.45) is 0 Å². The number of anilines is 1. The van der Waals surface area contributed by atoms with Crippen LogP contribution in [0.25, 0.3) is 10.9 Å². The lowest BCUT2D eigenvalue weighted by atomic mass is 10.0. The molecule has 0 saturated carbocycles. The molecule has 178 valence electrons. The summed E-state index contributed by atoms with van der Waals surface area (Å²) in [7, 11) is 0. The molecular formula is C24H25F2N5O3. The van der Waals surface area contributed by atoms with E-state index in [4.69, 9.17) is 4.74 Å². The van der Waals surface area contributed by atoms with Crippen LogP contribution in [-0.4, -0.2) is 52.6 Å². The molecule has 3 aromatic rings. The number of nitrogens with one attached hydrogen (secondary N) is 2. The maximum atomic E-state index is 14.4. The van der Waals surface area contributed by atoms with E-state index < -0.39 is 11.6 Å². The summed E-state index contributed by atoms with van der Waals surface area (Å²) < 4.78 is 34.8. The fourth-order valence-corrected chi connectivity index (χ4v) is 4.50. The zero-order valence-electron chi connectivity index (χ0n) is 18.5. The van der Waals surface area contributed by atoms with Gasteiger partial charge in [0.25, 0.3) is 11.5 Å². The molecule has 1 saturated heterocycles. The topological polar surface area (TPSA) is 88.5 Å². The molecule has 10 heteroatoms. The molecule has 2 aliphatic rings. The minimum atomic E-state index is -0.986. The number of amides is 1. The molecular weight excluding hydrogens is 444 g/mol. The minimum Gasteiger partial charge on any atom is -0.480 e. The number of piperidine rings is 1. The summed E-state index contributed by atoms with van der Waals surface area (Å²) in [6.45, 7) is 3.11. The molecule has 0 bridgehead atoms. The van der Waals surface area contributed by atoms with Crippen molar-refractivity contribution in [3.63, 3.8) is 0 Å². The van der Waals surface area contributed by atoms with Gasteiger partial charge in [-0.2, -0.15) is 0 Å². The van der Waals surface area contributed by atoms with E-state index in [0.717, 1.165) is 37.7 Å². The van der Waals surface area contributed by atoms with Crippen molar-refractivity contribution in [2.45, 2.75) is 32.0 Å². The van der Waals surface area contributed by atoms with Gasteiger partial charge in [0, 0.05) is 37.1 Å². The average molecular weight is 469 g/mol. The first-order chi connectivity index (χ1) is 16.5. The first-order valence-electron chi connectivity index (χ1n) is 11.3. The van der Waals surface area contributed by atoms with Crippen molar-refractivity contribution in [2.75, 3.05) is 31.6 Å². The highest BCUT2D eigenvalue weighted by Gasteiger charge is 2.21. The second-order valence-electron chi connectivity index (χ2n) is 8.61. The smallest absolute Gasteiger partial charge is 0.263 e. The fraction of sp³-hybridized carbons (Fsp3) is 0.375. The van der Waals surface area contributed by atoms with Gasteiger partial charge in [0.2, 0.25) is 0 Å². The van der Waals surface area contributed by atoms with Gasteiger partial charge in [0.1, 0.15) is 0 Å². The van der Waals surface area contributed by atoms with Crippen molar-refractivity contribution < 1.29 is 18.3 Å². The number of nitrogens with zero attached hydrogens (tertiary/aromatic N) is 3. The largest absolute Gasteiger partial charge is 0.480 e. The summed E-state index contributed by atoms with van der Waals surface area (Å²) >= 11 is 0. The van der Waals surface area contributed by atoms with Crippen LogP contribution < -0.4 is 20.9 Å². The van der Waals surface area contributed by atoms with Gasteiger partial charge in [-0.15, -0.1) is 0 Å². The first-order valence-corrected chi connectivity index (χ1v) is 11.3. The number of likely N-dealkylation sites (tertiary alicyclic amines) is 1. The number of carbonyl (C=O) groups excluding carboxylic acids is 1. The van der Waals surface area contributed by atoms with E-state index in [1.807, 2.05) is 12.1 Å². The SMILES string of the molecule is O=C1COc2ccc(CNC3CCN(CCn4c(=O)ccc5ccc(F)c(F)c54)CC3)nc2N1. The lowest BCUT2D eigenvalue weighted by Gasteiger charge is -2.32. The number of hydrogen-bond donors (Lipinski definition) is 2. The van der Waals surface area contributed by atoms with E-state index in [-0.39, 0.29) is 23.6 Å². The van der Waals surface area contributed by atoms with Gasteiger partial charge in [0.15, 0.2) is 29.8 Å². The monoisotopic (exact) mass is 469 g/mol. The molecule has 2 aliphatic heterocycles. The minimum absolute atomic E-state index is 0.00576. The number of aromatic nitrogens is 2. The van der Waals surface area contributed by atoms with Gasteiger partial charge in [-0.25, -0.2) is 13.8 Å². The molecule has 2 N–H and O–H groups in total. The van der Waals surface area contributed by atoms with E-state index in [0.29, 0.717) is 42.6 Å². The van der Waals surface area contributed by atoms with Crippen LogP contribution in [0.5, 0.6) is 5.75 Å². The van der Waals surface area contributed by atoms with Crippen LogP contribution in [0.4, 0.5) is 14.6 Å². The third kappa shape index (κ3) is 4.64. The highest BCUT2D eigenvalue weighted by molar-refractivity contribution is 5.94. The Labute approximate surface area is 194 Å². The number of rotatable bonds is 6. The molecule has 1 amide bonds. The lowest BCUT2D eigenvalue weighted by molar-refractivity contribution is -0.118. The fourth-order valence-electron chi connectivity index (χ4n) is 4.50. The Morgan fingerprint density at radius 2 is 1.85 bits per heavy atom. The van der Waals surface area contributed by atoms with E-state index in [2.05, 4.69) is 20.5 Å². The molecule has 4 heterocycles. The molecule has 0 unspecified atom stereocenters. The average Bonchev–Trinajstić information content (AvgIpc) is 2.85. The van der Waals surface area contributed by atoms with Crippen LogP contribution in [0.3, 0.4) is 0 Å². The number of halogens is 2. The van der Waals surface area contributed by atoms with E-state index in [1.54, 1.807) is 0 Å². The molecule has 1 fully saturated rings. The number of carbonyl (C=O) groups is 1. The van der Waals surface area contributed by atoms with Crippen LogP contribution in [0.1, 0.15) is 18.5 Å².